The van der Waals surface area contributed by atoms with Crippen LogP contribution in [-0.2, 0) is 11.3 Å². The lowest BCUT2D eigenvalue weighted by atomic mass is 10.2. The van der Waals surface area contributed by atoms with E-state index in [1.54, 1.807) is 18.2 Å². The highest BCUT2D eigenvalue weighted by Gasteiger charge is 2.23. The first-order chi connectivity index (χ1) is 12.8. The first-order valence-electron chi connectivity index (χ1n) is 7.19. The van der Waals surface area contributed by atoms with E-state index >= 15 is 0 Å². The van der Waals surface area contributed by atoms with Gasteiger partial charge in [0.05, 0.1) is 31.2 Å². The lowest BCUT2D eigenvalue weighted by Crippen LogP contribution is -2.23. The van der Waals surface area contributed by atoms with E-state index in [1.165, 1.54) is 0 Å². The number of thiazole rings is 1. The fraction of sp³-hybridized carbons (Fsp3) is 0.0667. The number of ether oxygens (including phenoxy) is 1. The molecular formula is C15H8ClN3O7S. The molecular weight excluding hydrogens is 402 g/mol. The highest BCUT2D eigenvalue weighted by molar-refractivity contribution is 7.16. The molecule has 0 saturated carbocycles. The van der Waals surface area contributed by atoms with Gasteiger partial charge >= 0.3 is 16.5 Å². The number of aromatic nitrogens is 1. The second kappa shape index (κ2) is 7.13. The molecule has 0 radical (unpaired) electrons. The van der Waals surface area contributed by atoms with Crippen LogP contribution in [0.5, 0.6) is 5.75 Å². The van der Waals surface area contributed by atoms with E-state index in [4.69, 9.17) is 16.3 Å². The Balaban J connectivity index is 1.91. The number of non-ortho nitro benzene ring substituents is 1. The van der Waals surface area contributed by atoms with E-state index in [9.17, 15) is 29.8 Å². The van der Waals surface area contributed by atoms with E-state index in [-0.39, 0.29) is 5.02 Å². The van der Waals surface area contributed by atoms with E-state index in [2.05, 4.69) is 0 Å². The molecule has 27 heavy (non-hydrogen) atoms. The number of halogens is 1. The molecule has 0 saturated heterocycles. The van der Waals surface area contributed by atoms with Crippen LogP contribution in [0.4, 0.5) is 11.4 Å². The van der Waals surface area contributed by atoms with Crippen LogP contribution >= 0.6 is 22.9 Å². The Morgan fingerprint density at radius 1 is 1.19 bits per heavy atom. The molecule has 0 amide bonds. The Hall–Kier alpha value is -3.31. The number of hydrogen-bond acceptors (Lipinski definition) is 8. The van der Waals surface area contributed by atoms with Gasteiger partial charge in [-0.1, -0.05) is 29.0 Å². The van der Waals surface area contributed by atoms with Gasteiger partial charge in [-0.2, -0.15) is 0 Å². The quantitative estimate of drug-likeness (QED) is 0.273. The van der Waals surface area contributed by atoms with Crippen LogP contribution in [0.1, 0.15) is 0 Å². The first kappa shape index (κ1) is 18.5. The number of nitro benzene ring substituents is 2. The molecule has 0 aliphatic carbocycles. The van der Waals surface area contributed by atoms with Crippen molar-refractivity contribution in [1.82, 2.24) is 4.57 Å². The zero-order valence-electron chi connectivity index (χ0n) is 13.2. The Morgan fingerprint density at radius 2 is 1.93 bits per heavy atom. The van der Waals surface area contributed by atoms with Crippen molar-refractivity contribution in [2.24, 2.45) is 0 Å². The summed E-state index contributed by atoms with van der Waals surface area (Å²) in [5.41, 5.74) is -0.907. The van der Waals surface area contributed by atoms with Crippen molar-refractivity contribution in [3.63, 3.8) is 0 Å². The summed E-state index contributed by atoms with van der Waals surface area (Å²) in [4.78, 5) is 44.0. The second-order valence-electron chi connectivity index (χ2n) is 5.18. The number of carbonyl (C=O) groups excluding carboxylic acids is 1. The van der Waals surface area contributed by atoms with Crippen molar-refractivity contribution >= 4 is 50.5 Å². The molecule has 0 N–H and O–H groups in total. The number of para-hydroxylation sites is 1. The highest BCUT2D eigenvalue weighted by Crippen LogP contribution is 2.31. The van der Waals surface area contributed by atoms with Crippen LogP contribution in [-0.4, -0.2) is 20.4 Å². The smallest absolute Gasteiger partial charge is 0.331 e. The number of nitro groups is 2. The molecule has 1 aromatic heterocycles. The van der Waals surface area contributed by atoms with Gasteiger partial charge in [0.15, 0.2) is 0 Å². The molecule has 138 valence electrons. The number of nitrogens with zero attached hydrogens (tertiary/aromatic N) is 3. The van der Waals surface area contributed by atoms with Gasteiger partial charge in [-0.3, -0.25) is 29.6 Å². The van der Waals surface area contributed by atoms with Crippen LogP contribution < -0.4 is 9.61 Å². The molecule has 3 aromatic rings. The number of fused-ring (bicyclic) bond motifs is 1. The summed E-state index contributed by atoms with van der Waals surface area (Å²) in [5, 5.41) is 22.1. The van der Waals surface area contributed by atoms with Crippen LogP contribution in [0.15, 0.2) is 41.2 Å². The van der Waals surface area contributed by atoms with E-state index in [1.807, 2.05) is 0 Å². The Kier molecular flexibility index (Phi) is 4.88. The Morgan fingerprint density at radius 3 is 2.59 bits per heavy atom. The van der Waals surface area contributed by atoms with E-state index in [0.717, 1.165) is 28.0 Å². The van der Waals surface area contributed by atoms with Crippen LogP contribution in [0.25, 0.3) is 10.2 Å². The highest BCUT2D eigenvalue weighted by atomic mass is 35.5. The molecule has 0 aliphatic rings. The Bertz CT molecular complexity index is 1150. The van der Waals surface area contributed by atoms with Gasteiger partial charge in [-0.25, -0.2) is 4.79 Å². The minimum absolute atomic E-state index is 0.264. The van der Waals surface area contributed by atoms with Crippen LogP contribution in [0.3, 0.4) is 0 Å². The molecule has 0 fully saturated rings. The fourth-order valence-corrected chi connectivity index (χ4v) is 3.61. The minimum atomic E-state index is -0.964. The maximum Gasteiger partial charge on any atom is 0.331 e. The molecule has 0 atom stereocenters. The maximum atomic E-state index is 12.2. The molecule has 0 spiro atoms. The second-order valence-corrected chi connectivity index (χ2v) is 6.58. The van der Waals surface area contributed by atoms with Crippen molar-refractivity contribution in [2.75, 3.05) is 0 Å². The predicted octanol–water partition coefficient (Wildman–Crippen LogP) is 3.14. The van der Waals surface area contributed by atoms with Crippen molar-refractivity contribution in [3.8, 4) is 5.75 Å². The minimum Gasteiger partial charge on any atom is -0.418 e. The normalized spacial score (nSPS) is 10.7. The van der Waals surface area contributed by atoms with Crippen molar-refractivity contribution in [1.29, 1.82) is 0 Å². The third-order valence-corrected chi connectivity index (χ3v) is 4.75. The summed E-state index contributed by atoms with van der Waals surface area (Å²) in [7, 11) is 0. The summed E-state index contributed by atoms with van der Waals surface area (Å²) in [6, 6.07) is 7.48. The third-order valence-electron chi connectivity index (χ3n) is 3.50. The maximum absolute atomic E-state index is 12.2. The van der Waals surface area contributed by atoms with Gasteiger partial charge < -0.3 is 4.74 Å². The first-order valence-corrected chi connectivity index (χ1v) is 8.38. The summed E-state index contributed by atoms with van der Waals surface area (Å²) >= 11 is 6.96. The molecule has 0 unspecified atom stereocenters. The summed E-state index contributed by atoms with van der Waals surface area (Å²) in [5.74, 6) is -1.43. The lowest BCUT2D eigenvalue weighted by Gasteiger charge is -2.07. The van der Waals surface area contributed by atoms with E-state index in [0.29, 0.717) is 16.3 Å². The topological polar surface area (TPSA) is 135 Å². The zero-order chi connectivity index (χ0) is 19.7. The predicted molar refractivity (Wildman–Crippen MR) is 96.5 cm³/mol. The van der Waals surface area contributed by atoms with Gasteiger partial charge in [0.1, 0.15) is 6.54 Å². The number of hydrogen-bond donors (Lipinski definition) is 0. The van der Waals surface area contributed by atoms with Crippen molar-refractivity contribution in [2.45, 2.75) is 6.54 Å². The lowest BCUT2D eigenvalue weighted by molar-refractivity contribution is -0.394. The standard InChI is InChI=1S/C15H8ClN3O7S/c16-9-2-1-3-12-14(9)17(15(21)27-12)7-13(20)26-11-5-4-8(18(22)23)6-10(11)19(24)25/h1-6H,7H2. The molecule has 2 aromatic carbocycles. The zero-order valence-corrected chi connectivity index (χ0v) is 14.7. The molecule has 12 heteroatoms. The number of rotatable bonds is 5. The molecule has 0 aliphatic heterocycles. The number of carbonyl (C=O) groups is 1. The van der Waals surface area contributed by atoms with Crippen LogP contribution in [0, 0.1) is 20.2 Å². The summed E-state index contributed by atoms with van der Waals surface area (Å²) < 4.78 is 6.63. The van der Waals surface area contributed by atoms with E-state index < -0.39 is 44.4 Å². The molecule has 1 heterocycles. The number of esters is 1. The molecule has 10 nitrogen and oxygen atoms in total. The average Bonchev–Trinajstić information content (AvgIpc) is 2.91. The third kappa shape index (κ3) is 3.64. The molecule has 0 bridgehead atoms. The van der Waals surface area contributed by atoms with Gasteiger partial charge in [0.2, 0.25) is 5.75 Å². The number of benzene rings is 2. The Labute approximate surface area is 158 Å². The summed E-state index contributed by atoms with van der Waals surface area (Å²) in [6.45, 7) is -0.531. The van der Waals surface area contributed by atoms with Crippen LogP contribution in [0.2, 0.25) is 5.02 Å². The van der Waals surface area contributed by atoms with Crippen molar-refractivity contribution < 1.29 is 19.4 Å². The summed E-state index contributed by atoms with van der Waals surface area (Å²) in [6.07, 6.45) is 0. The van der Waals surface area contributed by atoms with Gasteiger partial charge in [0, 0.05) is 6.07 Å². The SMILES string of the molecule is O=C(Cn1c(=O)sc2cccc(Cl)c21)Oc1ccc([N+](=O)[O-])cc1[N+](=O)[O-]. The average molecular weight is 410 g/mol. The molecule has 3 rings (SSSR count). The van der Waals surface area contributed by atoms with Gasteiger partial charge in [-0.05, 0) is 18.2 Å². The van der Waals surface area contributed by atoms with Gasteiger partial charge in [0.25, 0.3) is 5.69 Å². The fourth-order valence-electron chi connectivity index (χ4n) is 2.36. The van der Waals surface area contributed by atoms with Gasteiger partial charge in [-0.15, -0.1) is 0 Å². The van der Waals surface area contributed by atoms with Crippen molar-refractivity contribution in [3.05, 3.63) is 71.3 Å². The monoisotopic (exact) mass is 409 g/mol. The largest absolute Gasteiger partial charge is 0.418 e.